The number of aryl methyl sites for hydroxylation is 2. The van der Waals surface area contributed by atoms with Gasteiger partial charge in [0.2, 0.25) is 22.4 Å². The van der Waals surface area contributed by atoms with E-state index in [2.05, 4.69) is 166 Å². The number of aromatic nitrogens is 2. The average molecular weight is 865 g/mol. The van der Waals surface area contributed by atoms with Crippen molar-refractivity contribution in [2.75, 3.05) is 76.3 Å². The van der Waals surface area contributed by atoms with Crippen LogP contribution in [0.25, 0.3) is 46.1 Å². The molecule has 0 amide bonds. The smallest absolute Gasteiger partial charge is 0.214 e. The van der Waals surface area contributed by atoms with Crippen molar-refractivity contribution in [1.82, 2.24) is 9.80 Å². The maximum absolute atomic E-state index is 2.55. The highest BCUT2D eigenvalue weighted by atomic mass is 127. The molecular weight excluding hydrogens is 818 g/mol. The summed E-state index contributed by atoms with van der Waals surface area (Å²) >= 11 is 0. The topological polar surface area (TPSA) is 20.7 Å². The summed E-state index contributed by atoms with van der Waals surface area (Å²) in [4.78, 5) is 9.92. The number of rotatable bonds is 6. The molecule has 0 atom stereocenters. The quantitative estimate of drug-likeness (QED) is 0.170. The van der Waals surface area contributed by atoms with Crippen LogP contribution in [0.2, 0.25) is 0 Å². The van der Waals surface area contributed by atoms with E-state index in [-0.39, 0.29) is 48.0 Å². The summed E-state index contributed by atoms with van der Waals surface area (Å²) in [7, 11) is 8.77. The van der Waals surface area contributed by atoms with Crippen molar-refractivity contribution in [3.8, 4) is 0 Å². The van der Waals surface area contributed by atoms with Crippen LogP contribution >= 0.6 is 0 Å². The zero-order chi connectivity index (χ0) is 31.6. The summed E-state index contributed by atoms with van der Waals surface area (Å²) in [6, 6.07) is 31.2. The summed E-state index contributed by atoms with van der Waals surface area (Å²) in [5, 5.41) is 2.64. The third-order valence-corrected chi connectivity index (χ3v) is 9.94. The van der Waals surface area contributed by atoms with E-state index in [9.17, 15) is 0 Å². The lowest BCUT2D eigenvalue weighted by molar-refractivity contribution is -0.646. The fraction of sp³-hybridized carbons (Fsp3) is 0.300. The molecule has 0 radical (unpaired) electrons. The van der Waals surface area contributed by atoms with Crippen LogP contribution in [0.4, 0.5) is 11.4 Å². The molecule has 2 fully saturated rings. The van der Waals surface area contributed by atoms with Crippen LogP contribution in [0.15, 0.2) is 84.9 Å². The van der Waals surface area contributed by atoms with Gasteiger partial charge in [-0.05, 0) is 49.5 Å². The molecule has 2 saturated heterocycles. The van der Waals surface area contributed by atoms with Crippen molar-refractivity contribution < 1.29 is 57.1 Å². The molecule has 2 aliphatic heterocycles. The Bertz CT molecular complexity index is 1780. The SMILES string of the molecule is CN1CCN(c2cc(/C=C/c3ccc(/C=C/c4cc(N5CCN(C)CC5)c5ccccc5[n+]4C)cc3)[n+](C)c3ccccc23)CC1.[I-].[I-]. The van der Waals surface area contributed by atoms with Gasteiger partial charge in [0, 0.05) is 88.8 Å². The number of halogens is 2. The third-order valence-electron chi connectivity index (χ3n) is 9.94. The van der Waals surface area contributed by atoms with Gasteiger partial charge in [0.25, 0.3) is 0 Å². The zero-order valence-corrected chi connectivity index (χ0v) is 32.8. The summed E-state index contributed by atoms with van der Waals surface area (Å²) in [6.45, 7) is 8.61. The minimum absolute atomic E-state index is 0. The van der Waals surface area contributed by atoms with E-state index in [0.29, 0.717) is 0 Å². The predicted octanol–water partition coefficient (Wildman–Crippen LogP) is -0.506. The normalized spacial score (nSPS) is 16.2. The number of fused-ring (bicyclic) bond motifs is 2. The van der Waals surface area contributed by atoms with Crippen molar-refractivity contribution in [3.05, 3.63) is 107 Å². The Morgan fingerprint density at radius 1 is 0.479 bits per heavy atom. The van der Waals surface area contributed by atoms with Gasteiger partial charge < -0.3 is 67.6 Å². The lowest BCUT2D eigenvalue weighted by Crippen LogP contribution is -3.00. The Kier molecular flexibility index (Phi) is 12.2. The summed E-state index contributed by atoms with van der Waals surface area (Å²) in [5.41, 5.74) is 9.99. The monoisotopic (exact) mass is 864 g/mol. The molecule has 0 N–H and O–H groups in total. The lowest BCUT2D eigenvalue weighted by Gasteiger charge is -2.34. The molecule has 4 heterocycles. The maximum atomic E-state index is 2.55. The van der Waals surface area contributed by atoms with Crippen LogP contribution in [0.1, 0.15) is 22.5 Å². The minimum Gasteiger partial charge on any atom is -1.00 e. The Hall–Kier alpha value is -3.06. The fourth-order valence-corrected chi connectivity index (χ4v) is 6.89. The number of piperazine rings is 2. The highest BCUT2D eigenvalue weighted by Gasteiger charge is 2.23. The van der Waals surface area contributed by atoms with Gasteiger partial charge in [0.1, 0.15) is 14.1 Å². The molecule has 6 nitrogen and oxygen atoms in total. The molecule has 0 bridgehead atoms. The second kappa shape index (κ2) is 16.1. The van der Waals surface area contributed by atoms with Gasteiger partial charge in [-0.3, -0.25) is 0 Å². The first-order valence-corrected chi connectivity index (χ1v) is 16.6. The number of nitrogens with zero attached hydrogens (tertiary/aromatic N) is 6. The third kappa shape index (κ3) is 7.72. The molecule has 7 rings (SSSR count). The zero-order valence-electron chi connectivity index (χ0n) is 28.5. The van der Waals surface area contributed by atoms with Crippen molar-refractivity contribution in [3.63, 3.8) is 0 Å². The van der Waals surface area contributed by atoms with E-state index in [0.717, 1.165) is 52.4 Å². The van der Waals surface area contributed by atoms with Crippen LogP contribution < -0.4 is 66.9 Å². The van der Waals surface area contributed by atoms with Crippen molar-refractivity contribution in [1.29, 1.82) is 0 Å². The first kappa shape index (κ1) is 36.2. The first-order chi connectivity index (χ1) is 22.4. The highest BCUT2D eigenvalue weighted by molar-refractivity contribution is 5.92. The largest absolute Gasteiger partial charge is 1.00 e. The van der Waals surface area contributed by atoms with Crippen molar-refractivity contribution in [2.24, 2.45) is 14.1 Å². The van der Waals surface area contributed by atoms with Gasteiger partial charge in [-0.15, -0.1) is 0 Å². The molecule has 0 saturated carbocycles. The summed E-state index contributed by atoms with van der Waals surface area (Å²) in [5.74, 6) is 0. The molecule has 3 aromatic carbocycles. The lowest BCUT2D eigenvalue weighted by atomic mass is 10.1. The fourth-order valence-electron chi connectivity index (χ4n) is 6.89. The molecule has 5 aromatic rings. The molecule has 8 heteroatoms. The number of likely N-dealkylation sites (N-methyl/N-ethyl adjacent to an activating group) is 2. The van der Waals surface area contributed by atoms with Crippen LogP contribution in [0.3, 0.4) is 0 Å². The Balaban J connectivity index is 0.00000225. The molecular formula is C40H46I2N6. The minimum atomic E-state index is 0. The van der Waals surface area contributed by atoms with E-state index in [1.165, 1.54) is 55.7 Å². The van der Waals surface area contributed by atoms with Crippen LogP contribution in [0, 0.1) is 0 Å². The van der Waals surface area contributed by atoms with E-state index in [4.69, 9.17) is 0 Å². The number of anilines is 2. The van der Waals surface area contributed by atoms with Gasteiger partial charge in [-0.2, -0.15) is 9.13 Å². The van der Waals surface area contributed by atoms with E-state index in [1.807, 2.05) is 0 Å². The van der Waals surface area contributed by atoms with Gasteiger partial charge in [-0.25, -0.2) is 0 Å². The van der Waals surface area contributed by atoms with Crippen LogP contribution in [-0.2, 0) is 14.1 Å². The van der Waals surface area contributed by atoms with E-state index >= 15 is 0 Å². The van der Waals surface area contributed by atoms with Crippen molar-refractivity contribution in [2.45, 2.75) is 0 Å². The molecule has 0 spiro atoms. The van der Waals surface area contributed by atoms with Crippen LogP contribution in [-0.4, -0.2) is 76.3 Å². The number of pyridine rings is 2. The number of benzene rings is 3. The molecule has 0 aliphatic carbocycles. The Labute approximate surface area is 320 Å². The molecule has 0 unspecified atom stereocenters. The summed E-state index contributed by atoms with van der Waals surface area (Å²) < 4.78 is 4.62. The Morgan fingerprint density at radius 2 is 0.833 bits per heavy atom. The van der Waals surface area contributed by atoms with E-state index in [1.54, 1.807) is 0 Å². The first-order valence-electron chi connectivity index (χ1n) is 16.6. The number of hydrogen-bond acceptors (Lipinski definition) is 4. The maximum Gasteiger partial charge on any atom is 0.214 e. The number of hydrogen-bond donors (Lipinski definition) is 0. The second-order valence-corrected chi connectivity index (χ2v) is 13.0. The summed E-state index contributed by atoms with van der Waals surface area (Å²) in [6.07, 6.45) is 8.98. The van der Waals surface area contributed by atoms with E-state index < -0.39 is 0 Å². The standard InChI is InChI=1S/C40H46N6.2HI/c1-41-21-25-45(26-22-41)39-29-33(43(3)37-11-7-5-9-35(37)39)19-17-31-13-15-32(16-14-31)18-20-34-30-40(46-27-23-42(2)24-28-46)36-10-6-8-12-38(36)44(34)4;;/h5-20,29-30H,21-28H2,1-4H3;2*1H/q+2;;/p-2/b19-17+,20-18+;;. The van der Waals surface area contributed by atoms with Gasteiger partial charge in [-0.1, -0.05) is 48.5 Å². The molecule has 2 aliphatic rings. The molecule has 48 heavy (non-hydrogen) atoms. The predicted molar refractivity (Wildman–Crippen MR) is 194 cm³/mol. The Morgan fingerprint density at radius 3 is 1.21 bits per heavy atom. The molecule has 250 valence electrons. The van der Waals surface area contributed by atoms with Crippen molar-refractivity contribution >= 4 is 57.5 Å². The van der Waals surface area contributed by atoms with Crippen LogP contribution in [0.5, 0.6) is 0 Å². The highest BCUT2D eigenvalue weighted by Crippen LogP contribution is 2.29. The average Bonchev–Trinajstić information content (AvgIpc) is 3.09. The van der Waals surface area contributed by atoms with Gasteiger partial charge in [0.15, 0.2) is 0 Å². The number of para-hydroxylation sites is 2. The molecule has 2 aromatic heterocycles. The second-order valence-electron chi connectivity index (χ2n) is 13.0. The van der Waals surface area contributed by atoms with Gasteiger partial charge >= 0.3 is 0 Å². The van der Waals surface area contributed by atoms with Gasteiger partial charge in [0.05, 0.1) is 22.1 Å².